The molecule has 1 atom stereocenters. The molecule has 0 aliphatic heterocycles. The Balaban J connectivity index is 2.15. The Bertz CT molecular complexity index is 636. The van der Waals surface area contributed by atoms with Crippen molar-refractivity contribution in [2.45, 2.75) is 19.9 Å². The SMILES string of the molecule is COc1ccc(C(NC(=O)c2ccc(OC)nc2)C(C)C)cc1. The highest BCUT2D eigenvalue weighted by Crippen LogP contribution is 2.24. The fraction of sp³-hybridized carbons (Fsp3) is 0.333. The normalized spacial score (nSPS) is 11.9. The van der Waals surface area contributed by atoms with Crippen molar-refractivity contribution in [3.8, 4) is 11.6 Å². The lowest BCUT2D eigenvalue weighted by Crippen LogP contribution is -2.31. The molecule has 0 saturated heterocycles. The summed E-state index contributed by atoms with van der Waals surface area (Å²) in [6.45, 7) is 4.14. The van der Waals surface area contributed by atoms with E-state index in [4.69, 9.17) is 9.47 Å². The highest BCUT2D eigenvalue weighted by Gasteiger charge is 2.19. The highest BCUT2D eigenvalue weighted by atomic mass is 16.5. The lowest BCUT2D eigenvalue weighted by Gasteiger charge is -2.23. The first-order chi connectivity index (χ1) is 11.0. The minimum absolute atomic E-state index is 0.0875. The topological polar surface area (TPSA) is 60.5 Å². The Morgan fingerprint density at radius 2 is 1.74 bits per heavy atom. The fourth-order valence-corrected chi connectivity index (χ4v) is 2.31. The van der Waals surface area contributed by atoms with Crippen molar-refractivity contribution in [2.75, 3.05) is 14.2 Å². The molecule has 0 fully saturated rings. The van der Waals surface area contributed by atoms with Crippen LogP contribution in [0.3, 0.4) is 0 Å². The van der Waals surface area contributed by atoms with Crippen LogP contribution in [0.1, 0.15) is 35.8 Å². The molecule has 0 aliphatic carbocycles. The largest absolute Gasteiger partial charge is 0.497 e. The monoisotopic (exact) mass is 314 g/mol. The molecule has 1 amide bonds. The van der Waals surface area contributed by atoms with Crippen LogP contribution < -0.4 is 14.8 Å². The van der Waals surface area contributed by atoms with Crippen molar-refractivity contribution in [1.82, 2.24) is 10.3 Å². The third kappa shape index (κ3) is 4.22. The van der Waals surface area contributed by atoms with E-state index < -0.39 is 0 Å². The van der Waals surface area contributed by atoms with Crippen molar-refractivity contribution in [3.05, 3.63) is 53.7 Å². The van der Waals surface area contributed by atoms with E-state index in [0.717, 1.165) is 11.3 Å². The summed E-state index contributed by atoms with van der Waals surface area (Å²) in [5.41, 5.74) is 1.54. The van der Waals surface area contributed by atoms with Crippen LogP contribution in [0.5, 0.6) is 11.6 Å². The van der Waals surface area contributed by atoms with Gasteiger partial charge < -0.3 is 14.8 Å². The van der Waals surface area contributed by atoms with Crippen LogP contribution in [-0.2, 0) is 0 Å². The molecule has 5 heteroatoms. The molecule has 122 valence electrons. The Morgan fingerprint density at radius 3 is 2.22 bits per heavy atom. The van der Waals surface area contributed by atoms with Gasteiger partial charge in [0.05, 0.1) is 25.8 Å². The summed E-state index contributed by atoms with van der Waals surface area (Å²) in [6, 6.07) is 11.0. The molecule has 0 saturated carbocycles. The van der Waals surface area contributed by atoms with E-state index in [-0.39, 0.29) is 17.9 Å². The molecule has 0 radical (unpaired) electrons. The predicted octanol–water partition coefficient (Wildman–Crippen LogP) is 3.23. The maximum absolute atomic E-state index is 12.4. The van der Waals surface area contributed by atoms with Gasteiger partial charge in [0, 0.05) is 12.3 Å². The van der Waals surface area contributed by atoms with Crippen LogP contribution in [0.15, 0.2) is 42.6 Å². The lowest BCUT2D eigenvalue weighted by molar-refractivity contribution is 0.0925. The third-order valence-corrected chi connectivity index (χ3v) is 3.64. The minimum atomic E-state index is -0.158. The molecule has 1 unspecified atom stereocenters. The Morgan fingerprint density at radius 1 is 1.04 bits per heavy atom. The summed E-state index contributed by atoms with van der Waals surface area (Å²) >= 11 is 0. The number of hydrogen-bond donors (Lipinski definition) is 1. The number of methoxy groups -OCH3 is 2. The Kier molecular flexibility index (Phi) is 5.57. The van der Waals surface area contributed by atoms with Crippen molar-refractivity contribution in [1.29, 1.82) is 0 Å². The second-order valence-electron chi connectivity index (χ2n) is 5.56. The second kappa shape index (κ2) is 7.63. The first kappa shape index (κ1) is 16.8. The second-order valence-corrected chi connectivity index (χ2v) is 5.56. The molecular weight excluding hydrogens is 292 g/mol. The van der Waals surface area contributed by atoms with E-state index in [1.54, 1.807) is 26.4 Å². The van der Waals surface area contributed by atoms with E-state index in [1.165, 1.54) is 6.20 Å². The van der Waals surface area contributed by atoms with Gasteiger partial charge in [-0.1, -0.05) is 26.0 Å². The number of aromatic nitrogens is 1. The average molecular weight is 314 g/mol. The number of nitrogens with one attached hydrogen (secondary N) is 1. The fourth-order valence-electron chi connectivity index (χ4n) is 2.31. The Labute approximate surface area is 136 Å². The maximum Gasteiger partial charge on any atom is 0.253 e. The zero-order valence-electron chi connectivity index (χ0n) is 13.9. The maximum atomic E-state index is 12.4. The lowest BCUT2D eigenvalue weighted by atomic mass is 9.95. The van der Waals surface area contributed by atoms with Crippen LogP contribution in [0.4, 0.5) is 0 Å². The number of nitrogens with zero attached hydrogens (tertiary/aromatic N) is 1. The summed E-state index contributed by atoms with van der Waals surface area (Å²) < 4.78 is 10.2. The number of pyridine rings is 1. The molecule has 23 heavy (non-hydrogen) atoms. The minimum Gasteiger partial charge on any atom is -0.497 e. The van der Waals surface area contributed by atoms with Crippen LogP contribution in [0.25, 0.3) is 0 Å². The smallest absolute Gasteiger partial charge is 0.253 e. The molecule has 2 aromatic rings. The molecule has 1 heterocycles. The molecule has 1 N–H and O–H groups in total. The van der Waals surface area contributed by atoms with Gasteiger partial charge >= 0.3 is 0 Å². The first-order valence-electron chi connectivity index (χ1n) is 7.50. The van der Waals surface area contributed by atoms with Gasteiger partial charge in [0.25, 0.3) is 5.91 Å². The quantitative estimate of drug-likeness (QED) is 0.889. The summed E-state index contributed by atoms with van der Waals surface area (Å²) in [5, 5.41) is 3.06. The van der Waals surface area contributed by atoms with E-state index in [1.807, 2.05) is 24.3 Å². The van der Waals surface area contributed by atoms with Crippen molar-refractivity contribution in [3.63, 3.8) is 0 Å². The zero-order valence-corrected chi connectivity index (χ0v) is 13.9. The Hall–Kier alpha value is -2.56. The van der Waals surface area contributed by atoms with Gasteiger partial charge in [0.2, 0.25) is 5.88 Å². The highest BCUT2D eigenvalue weighted by molar-refractivity contribution is 5.94. The molecule has 0 bridgehead atoms. The molecule has 1 aromatic heterocycles. The van der Waals surface area contributed by atoms with Crippen LogP contribution >= 0.6 is 0 Å². The van der Waals surface area contributed by atoms with E-state index in [0.29, 0.717) is 11.4 Å². The molecule has 2 rings (SSSR count). The van der Waals surface area contributed by atoms with Crippen LogP contribution in [0.2, 0.25) is 0 Å². The average Bonchev–Trinajstić information content (AvgIpc) is 2.59. The summed E-state index contributed by atoms with van der Waals surface area (Å²) in [5.74, 6) is 1.37. The first-order valence-corrected chi connectivity index (χ1v) is 7.50. The van der Waals surface area contributed by atoms with Crippen molar-refractivity contribution < 1.29 is 14.3 Å². The number of carbonyl (C=O) groups excluding carboxylic acids is 1. The van der Waals surface area contributed by atoms with Gasteiger partial charge in [-0.3, -0.25) is 4.79 Å². The summed E-state index contributed by atoms with van der Waals surface area (Å²) in [6.07, 6.45) is 1.51. The van der Waals surface area contributed by atoms with Gasteiger partial charge in [0.1, 0.15) is 5.75 Å². The van der Waals surface area contributed by atoms with Gasteiger partial charge in [-0.15, -0.1) is 0 Å². The number of rotatable bonds is 6. The van der Waals surface area contributed by atoms with Gasteiger partial charge in [-0.05, 0) is 29.7 Å². The number of amides is 1. The molecule has 5 nitrogen and oxygen atoms in total. The number of ether oxygens (including phenoxy) is 2. The molecule has 0 spiro atoms. The number of hydrogen-bond acceptors (Lipinski definition) is 4. The van der Waals surface area contributed by atoms with E-state index in [9.17, 15) is 4.79 Å². The van der Waals surface area contributed by atoms with Gasteiger partial charge in [0.15, 0.2) is 0 Å². The standard InChI is InChI=1S/C18H22N2O3/c1-12(2)17(13-5-8-15(22-3)9-6-13)20-18(21)14-7-10-16(23-4)19-11-14/h5-12,17H,1-4H3,(H,20,21). The van der Waals surface area contributed by atoms with Gasteiger partial charge in [-0.2, -0.15) is 0 Å². The van der Waals surface area contributed by atoms with Crippen LogP contribution in [-0.4, -0.2) is 25.1 Å². The number of benzene rings is 1. The molecule has 0 aliphatic rings. The zero-order chi connectivity index (χ0) is 16.8. The third-order valence-electron chi connectivity index (χ3n) is 3.64. The van der Waals surface area contributed by atoms with E-state index in [2.05, 4.69) is 24.1 Å². The summed E-state index contributed by atoms with van der Waals surface area (Å²) in [4.78, 5) is 16.5. The number of carbonyl (C=O) groups is 1. The predicted molar refractivity (Wildman–Crippen MR) is 88.8 cm³/mol. The van der Waals surface area contributed by atoms with E-state index >= 15 is 0 Å². The van der Waals surface area contributed by atoms with Gasteiger partial charge in [-0.25, -0.2) is 4.98 Å². The van der Waals surface area contributed by atoms with Crippen molar-refractivity contribution >= 4 is 5.91 Å². The molecule has 1 aromatic carbocycles. The van der Waals surface area contributed by atoms with Crippen molar-refractivity contribution in [2.24, 2.45) is 5.92 Å². The molecular formula is C18H22N2O3. The summed E-state index contributed by atoms with van der Waals surface area (Å²) in [7, 11) is 3.17. The van der Waals surface area contributed by atoms with Crippen LogP contribution in [0, 0.1) is 5.92 Å².